The summed E-state index contributed by atoms with van der Waals surface area (Å²) in [5.41, 5.74) is 2.92. The third-order valence-corrected chi connectivity index (χ3v) is 4.16. The first-order chi connectivity index (χ1) is 10.1. The van der Waals surface area contributed by atoms with Gasteiger partial charge in [-0.15, -0.1) is 0 Å². The molecule has 0 saturated carbocycles. The van der Waals surface area contributed by atoms with E-state index < -0.39 is 12.0 Å². The maximum atomic E-state index is 12.1. The predicted octanol–water partition coefficient (Wildman–Crippen LogP) is 1.83. The highest BCUT2D eigenvalue weighted by molar-refractivity contribution is 7.80. The summed E-state index contributed by atoms with van der Waals surface area (Å²) in [7, 11) is 0. The van der Waals surface area contributed by atoms with Crippen LogP contribution in [0.1, 0.15) is 17.7 Å². The highest BCUT2D eigenvalue weighted by Gasteiger charge is 2.35. The molecule has 0 fully saturated rings. The van der Waals surface area contributed by atoms with E-state index >= 15 is 0 Å². The zero-order valence-electron chi connectivity index (χ0n) is 11.4. The minimum absolute atomic E-state index is 0.165. The van der Waals surface area contributed by atoms with Crippen LogP contribution in [0.15, 0.2) is 24.3 Å². The first-order valence-corrected chi connectivity index (χ1v) is 7.46. The van der Waals surface area contributed by atoms with Crippen molar-refractivity contribution >= 4 is 35.4 Å². The molecule has 2 N–H and O–H groups in total. The summed E-state index contributed by atoms with van der Waals surface area (Å²) in [6, 6.07) is 7.01. The van der Waals surface area contributed by atoms with Crippen LogP contribution in [0.25, 0.3) is 10.9 Å². The van der Waals surface area contributed by atoms with Gasteiger partial charge in [0.1, 0.15) is 6.04 Å². The largest absolute Gasteiger partial charge is 0.480 e. The minimum Gasteiger partial charge on any atom is -0.480 e. The second kappa shape index (κ2) is 5.44. The Morgan fingerprint density at radius 1 is 1.38 bits per heavy atom. The molecule has 0 saturated heterocycles. The number of carbonyl (C=O) groups excluding carboxylic acids is 1. The van der Waals surface area contributed by atoms with E-state index in [0.29, 0.717) is 18.7 Å². The summed E-state index contributed by atoms with van der Waals surface area (Å²) in [5, 5.41) is 10.5. The Morgan fingerprint density at radius 2 is 2.14 bits per heavy atom. The fourth-order valence-corrected chi connectivity index (χ4v) is 3.12. The number of thiol groups is 1. The molecule has 1 aromatic heterocycles. The number of carboxylic acids is 1. The van der Waals surface area contributed by atoms with Crippen LogP contribution in [0.5, 0.6) is 0 Å². The van der Waals surface area contributed by atoms with E-state index in [9.17, 15) is 14.7 Å². The van der Waals surface area contributed by atoms with E-state index in [1.54, 1.807) is 0 Å². The normalized spacial score (nSPS) is 17.8. The maximum Gasteiger partial charge on any atom is 0.326 e. The molecule has 0 aliphatic carbocycles. The molecule has 1 amide bonds. The number of para-hydroxylation sites is 1. The molecule has 110 valence electrons. The van der Waals surface area contributed by atoms with Gasteiger partial charge >= 0.3 is 5.97 Å². The van der Waals surface area contributed by atoms with E-state index in [1.807, 2.05) is 24.3 Å². The highest BCUT2D eigenvalue weighted by Crippen LogP contribution is 2.30. The van der Waals surface area contributed by atoms with Crippen LogP contribution >= 0.6 is 12.6 Å². The molecule has 0 radical (unpaired) electrons. The van der Waals surface area contributed by atoms with Gasteiger partial charge in [0.25, 0.3) is 0 Å². The van der Waals surface area contributed by atoms with Crippen molar-refractivity contribution in [1.82, 2.24) is 9.88 Å². The molecule has 1 aliphatic rings. The van der Waals surface area contributed by atoms with E-state index in [-0.39, 0.29) is 12.3 Å². The first kappa shape index (κ1) is 14.0. The van der Waals surface area contributed by atoms with E-state index in [2.05, 4.69) is 17.6 Å². The lowest BCUT2D eigenvalue weighted by Gasteiger charge is -2.33. The summed E-state index contributed by atoms with van der Waals surface area (Å²) in [5.74, 6) is -0.707. The SMILES string of the molecule is O=C(O)[C@@H]1Cc2c([nH]c3ccccc23)CN1C(=O)CCS. The zero-order chi connectivity index (χ0) is 15.0. The lowest BCUT2D eigenvalue weighted by Crippen LogP contribution is -2.48. The monoisotopic (exact) mass is 304 g/mol. The molecule has 1 aliphatic heterocycles. The number of nitrogens with zero attached hydrogens (tertiary/aromatic N) is 1. The van der Waals surface area contributed by atoms with Crippen molar-refractivity contribution in [3.05, 3.63) is 35.5 Å². The third-order valence-electron chi connectivity index (χ3n) is 3.94. The number of carbonyl (C=O) groups is 2. The van der Waals surface area contributed by atoms with Gasteiger partial charge < -0.3 is 15.0 Å². The molecule has 0 bridgehead atoms. The summed E-state index contributed by atoms with van der Waals surface area (Å²) in [6.07, 6.45) is 0.593. The number of rotatable bonds is 3. The number of carboxylic acid groups (broad SMARTS) is 1. The lowest BCUT2D eigenvalue weighted by molar-refractivity contribution is -0.151. The number of aromatic amines is 1. The van der Waals surface area contributed by atoms with Gasteiger partial charge in [-0.1, -0.05) is 18.2 Å². The van der Waals surface area contributed by atoms with Crippen molar-refractivity contribution in [2.24, 2.45) is 0 Å². The molecule has 0 unspecified atom stereocenters. The van der Waals surface area contributed by atoms with Crippen molar-refractivity contribution in [2.75, 3.05) is 5.75 Å². The number of hydrogen-bond acceptors (Lipinski definition) is 3. The molecule has 1 aromatic carbocycles. The Balaban J connectivity index is 2.03. The predicted molar refractivity (Wildman–Crippen MR) is 82.4 cm³/mol. The Kier molecular flexibility index (Phi) is 3.63. The van der Waals surface area contributed by atoms with E-state index in [4.69, 9.17) is 0 Å². The molecule has 0 spiro atoms. The van der Waals surface area contributed by atoms with E-state index in [1.165, 1.54) is 4.90 Å². The standard InChI is InChI=1S/C15H16N2O3S/c18-14(5-6-21)17-8-12-10(7-13(17)15(19)20)9-3-1-2-4-11(9)16-12/h1-4,13,16,21H,5-8H2,(H,19,20)/t13-/m0/s1. The molecular formula is C15H16N2O3S. The van der Waals surface area contributed by atoms with Crippen LogP contribution in [-0.2, 0) is 22.6 Å². The Bertz CT molecular complexity index is 710. The molecule has 21 heavy (non-hydrogen) atoms. The topological polar surface area (TPSA) is 73.4 Å². The Morgan fingerprint density at radius 3 is 2.86 bits per heavy atom. The zero-order valence-corrected chi connectivity index (χ0v) is 12.3. The second-order valence-corrected chi connectivity index (χ2v) is 5.63. The van der Waals surface area contributed by atoms with Crippen LogP contribution in [0.4, 0.5) is 0 Å². The van der Waals surface area contributed by atoms with Crippen molar-refractivity contribution in [2.45, 2.75) is 25.4 Å². The lowest BCUT2D eigenvalue weighted by atomic mass is 9.96. The molecule has 2 aromatic rings. The van der Waals surface area contributed by atoms with E-state index in [0.717, 1.165) is 22.2 Å². The smallest absolute Gasteiger partial charge is 0.326 e. The second-order valence-electron chi connectivity index (χ2n) is 5.18. The Hall–Kier alpha value is -1.95. The fraction of sp³-hybridized carbons (Fsp3) is 0.333. The molecule has 5 nitrogen and oxygen atoms in total. The number of fused-ring (bicyclic) bond motifs is 3. The fourth-order valence-electron chi connectivity index (χ4n) is 2.93. The van der Waals surface area contributed by atoms with Crippen molar-refractivity contribution in [3.63, 3.8) is 0 Å². The number of amides is 1. The quantitative estimate of drug-likeness (QED) is 0.757. The first-order valence-electron chi connectivity index (χ1n) is 6.83. The van der Waals surface area contributed by atoms with Crippen LogP contribution in [-0.4, -0.2) is 38.7 Å². The number of nitrogens with one attached hydrogen (secondary N) is 1. The number of hydrogen-bond donors (Lipinski definition) is 3. The van der Waals surface area contributed by atoms with Gasteiger partial charge in [-0.25, -0.2) is 4.79 Å². The van der Waals surface area contributed by atoms with Crippen molar-refractivity contribution in [3.8, 4) is 0 Å². The molecule has 2 heterocycles. The Labute approximate surface area is 127 Å². The van der Waals surface area contributed by atoms with Gasteiger partial charge in [0.15, 0.2) is 0 Å². The molecule has 6 heteroatoms. The number of aromatic nitrogens is 1. The maximum absolute atomic E-state index is 12.1. The summed E-state index contributed by atoms with van der Waals surface area (Å²) >= 11 is 4.05. The van der Waals surface area contributed by atoms with Crippen LogP contribution in [0.3, 0.4) is 0 Å². The number of aliphatic carboxylic acids is 1. The van der Waals surface area contributed by atoms with Gasteiger partial charge in [-0.2, -0.15) is 12.6 Å². The van der Waals surface area contributed by atoms with Crippen molar-refractivity contribution < 1.29 is 14.7 Å². The number of benzene rings is 1. The molecular weight excluding hydrogens is 288 g/mol. The average molecular weight is 304 g/mol. The summed E-state index contributed by atoms with van der Waals surface area (Å²) < 4.78 is 0. The molecule has 1 atom stereocenters. The van der Waals surface area contributed by atoms with Gasteiger partial charge in [0.2, 0.25) is 5.91 Å². The third kappa shape index (κ3) is 2.40. The van der Waals surface area contributed by atoms with Gasteiger partial charge in [-0.05, 0) is 17.4 Å². The highest BCUT2D eigenvalue weighted by atomic mass is 32.1. The summed E-state index contributed by atoms with van der Waals surface area (Å²) in [6.45, 7) is 0.313. The van der Waals surface area contributed by atoms with Gasteiger partial charge in [-0.3, -0.25) is 4.79 Å². The van der Waals surface area contributed by atoms with Crippen molar-refractivity contribution in [1.29, 1.82) is 0 Å². The average Bonchev–Trinajstić information content (AvgIpc) is 2.83. The molecule has 3 rings (SSSR count). The van der Waals surface area contributed by atoms with Crippen LogP contribution in [0, 0.1) is 0 Å². The summed E-state index contributed by atoms with van der Waals surface area (Å²) in [4.78, 5) is 28.4. The van der Waals surface area contributed by atoms with Gasteiger partial charge in [0.05, 0.1) is 6.54 Å². The minimum atomic E-state index is -0.960. The van der Waals surface area contributed by atoms with Crippen LogP contribution in [0.2, 0.25) is 0 Å². The van der Waals surface area contributed by atoms with Gasteiger partial charge in [0, 0.05) is 29.4 Å². The van der Waals surface area contributed by atoms with Crippen LogP contribution < -0.4 is 0 Å². The number of H-pyrrole nitrogens is 1.